The molecular formula is C18H25ClF6N2. The summed E-state index contributed by atoms with van der Waals surface area (Å²) in [4.78, 5) is 1.95. The maximum atomic E-state index is 13.6. The average Bonchev–Trinajstić information content (AvgIpc) is 2.54. The standard InChI is InChI=1S/C18H24F6N2.ClH/c1-3-4-12(2)16(26-9-7-25-8-10-26)14-6-5-13(17(19,20)21)11-15(14)18(22,23)24;/h5-6,11-12,16,25H,3-4,7-10H2,1-2H3;1H/t12?,16-;/m0./s1. The highest BCUT2D eigenvalue weighted by Gasteiger charge is 2.41. The third kappa shape index (κ3) is 5.99. The Labute approximate surface area is 161 Å². The van der Waals surface area contributed by atoms with Crippen LogP contribution in [0.3, 0.4) is 0 Å². The lowest BCUT2D eigenvalue weighted by atomic mass is 9.85. The Bertz CT molecular complexity index is 596. The summed E-state index contributed by atoms with van der Waals surface area (Å²) in [5.74, 6) is -0.101. The molecule has 2 rings (SSSR count). The summed E-state index contributed by atoms with van der Waals surface area (Å²) in [5, 5.41) is 3.15. The van der Waals surface area contributed by atoms with Crippen molar-refractivity contribution in [2.24, 2.45) is 5.92 Å². The fourth-order valence-corrected chi connectivity index (χ4v) is 3.67. The van der Waals surface area contributed by atoms with Gasteiger partial charge in [0.15, 0.2) is 0 Å². The van der Waals surface area contributed by atoms with E-state index < -0.39 is 29.5 Å². The number of piperazine rings is 1. The maximum absolute atomic E-state index is 13.6. The van der Waals surface area contributed by atoms with E-state index in [1.807, 2.05) is 18.7 Å². The van der Waals surface area contributed by atoms with Crippen LogP contribution in [0, 0.1) is 5.92 Å². The number of hydrogen-bond acceptors (Lipinski definition) is 2. The van der Waals surface area contributed by atoms with Crippen LogP contribution in [0.15, 0.2) is 18.2 Å². The molecule has 1 saturated heterocycles. The fraction of sp³-hybridized carbons (Fsp3) is 0.667. The molecule has 2 nitrogen and oxygen atoms in total. The molecule has 0 amide bonds. The van der Waals surface area contributed by atoms with E-state index in [4.69, 9.17) is 0 Å². The molecule has 0 bridgehead atoms. The van der Waals surface area contributed by atoms with E-state index >= 15 is 0 Å². The Balaban J connectivity index is 0.00000364. The second-order valence-corrected chi connectivity index (χ2v) is 6.79. The van der Waals surface area contributed by atoms with Crippen LogP contribution in [0.25, 0.3) is 0 Å². The van der Waals surface area contributed by atoms with Gasteiger partial charge in [-0.3, -0.25) is 4.90 Å². The first-order valence-corrected chi connectivity index (χ1v) is 8.78. The molecule has 0 saturated carbocycles. The molecule has 0 radical (unpaired) electrons. The molecule has 1 unspecified atom stereocenters. The van der Waals surface area contributed by atoms with Crippen LogP contribution < -0.4 is 5.32 Å². The number of halogens is 7. The number of benzene rings is 1. The fourth-order valence-electron chi connectivity index (χ4n) is 3.67. The first kappa shape index (κ1) is 24.0. The Morgan fingerprint density at radius 3 is 2.11 bits per heavy atom. The zero-order valence-electron chi connectivity index (χ0n) is 15.3. The van der Waals surface area contributed by atoms with Crippen molar-refractivity contribution >= 4 is 12.4 Å². The third-order valence-corrected chi connectivity index (χ3v) is 4.83. The summed E-state index contributed by atoms with van der Waals surface area (Å²) in [7, 11) is 0. The van der Waals surface area contributed by atoms with Crippen LogP contribution in [-0.2, 0) is 12.4 Å². The lowest BCUT2D eigenvalue weighted by Gasteiger charge is -2.39. The van der Waals surface area contributed by atoms with Crippen molar-refractivity contribution in [1.29, 1.82) is 0 Å². The van der Waals surface area contributed by atoms with E-state index in [0.717, 1.165) is 18.6 Å². The van der Waals surface area contributed by atoms with Gasteiger partial charge in [-0.25, -0.2) is 0 Å². The van der Waals surface area contributed by atoms with Gasteiger partial charge in [0.05, 0.1) is 11.1 Å². The minimum atomic E-state index is -4.84. The highest BCUT2D eigenvalue weighted by Crippen LogP contribution is 2.43. The van der Waals surface area contributed by atoms with Crippen LogP contribution in [0.1, 0.15) is 49.4 Å². The van der Waals surface area contributed by atoms with Gasteiger partial charge in [0.2, 0.25) is 0 Å². The van der Waals surface area contributed by atoms with Crippen LogP contribution in [0.4, 0.5) is 26.3 Å². The van der Waals surface area contributed by atoms with Crippen molar-refractivity contribution in [3.63, 3.8) is 0 Å². The molecule has 0 aliphatic carbocycles. The van der Waals surface area contributed by atoms with Gasteiger partial charge in [-0.15, -0.1) is 12.4 Å². The Hall–Kier alpha value is -0.990. The number of hydrogen-bond donors (Lipinski definition) is 1. The predicted molar refractivity (Wildman–Crippen MR) is 94.9 cm³/mol. The molecule has 1 heterocycles. The molecular weight excluding hydrogens is 394 g/mol. The molecule has 0 aromatic heterocycles. The first-order valence-electron chi connectivity index (χ1n) is 8.78. The molecule has 1 aromatic carbocycles. The quantitative estimate of drug-likeness (QED) is 0.632. The minimum Gasteiger partial charge on any atom is -0.314 e. The molecule has 0 spiro atoms. The zero-order valence-corrected chi connectivity index (χ0v) is 16.1. The number of rotatable bonds is 5. The highest BCUT2D eigenvalue weighted by molar-refractivity contribution is 5.85. The Morgan fingerprint density at radius 1 is 1.04 bits per heavy atom. The van der Waals surface area contributed by atoms with Gasteiger partial charge in [0.1, 0.15) is 0 Å². The van der Waals surface area contributed by atoms with Crippen molar-refractivity contribution in [2.45, 2.75) is 45.1 Å². The largest absolute Gasteiger partial charge is 0.416 e. The molecule has 9 heteroatoms. The van der Waals surface area contributed by atoms with Gasteiger partial charge in [0.25, 0.3) is 0 Å². The van der Waals surface area contributed by atoms with E-state index in [2.05, 4.69) is 5.32 Å². The Kier molecular flexibility index (Phi) is 8.44. The Morgan fingerprint density at radius 2 is 1.63 bits per heavy atom. The summed E-state index contributed by atoms with van der Waals surface area (Å²) < 4.78 is 79.6. The molecule has 1 aromatic rings. The normalized spacial score (nSPS) is 18.7. The summed E-state index contributed by atoms with van der Waals surface area (Å²) in [6.07, 6.45) is -8.15. The van der Waals surface area contributed by atoms with Crippen molar-refractivity contribution in [3.8, 4) is 0 Å². The maximum Gasteiger partial charge on any atom is 0.416 e. The molecule has 1 aliphatic heterocycles. The van der Waals surface area contributed by atoms with E-state index in [1.54, 1.807) is 0 Å². The van der Waals surface area contributed by atoms with Crippen molar-refractivity contribution in [2.75, 3.05) is 26.2 Å². The smallest absolute Gasteiger partial charge is 0.314 e. The lowest BCUT2D eigenvalue weighted by molar-refractivity contribution is -0.144. The summed E-state index contributed by atoms with van der Waals surface area (Å²) >= 11 is 0. The number of nitrogens with zero attached hydrogens (tertiary/aromatic N) is 1. The van der Waals surface area contributed by atoms with Crippen molar-refractivity contribution in [1.82, 2.24) is 10.2 Å². The zero-order chi connectivity index (χ0) is 19.5. The number of alkyl halides is 6. The third-order valence-electron chi connectivity index (χ3n) is 4.83. The average molecular weight is 419 g/mol. The predicted octanol–water partition coefficient (Wildman–Crippen LogP) is 5.53. The lowest BCUT2D eigenvalue weighted by Crippen LogP contribution is -2.47. The number of nitrogens with one attached hydrogen (secondary N) is 1. The molecule has 156 valence electrons. The van der Waals surface area contributed by atoms with Crippen molar-refractivity contribution in [3.05, 3.63) is 34.9 Å². The molecule has 27 heavy (non-hydrogen) atoms. The molecule has 1 aliphatic rings. The second kappa shape index (κ2) is 9.47. The summed E-state index contributed by atoms with van der Waals surface area (Å²) in [6.45, 7) is 6.25. The van der Waals surface area contributed by atoms with E-state index in [1.165, 1.54) is 0 Å². The van der Waals surface area contributed by atoms with Gasteiger partial charge < -0.3 is 5.32 Å². The summed E-state index contributed by atoms with van der Waals surface area (Å²) in [6, 6.07) is 1.47. The van der Waals surface area contributed by atoms with Gasteiger partial charge in [0, 0.05) is 32.2 Å². The van der Waals surface area contributed by atoms with Gasteiger partial charge >= 0.3 is 12.4 Å². The van der Waals surface area contributed by atoms with Crippen LogP contribution >= 0.6 is 12.4 Å². The molecule has 1 fully saturated rings. The minimum absolute atomic E-state index is 0. The van der Waals surface area contributed by atoms with Crippen LogP contribution in [0.5, 0.6) is 0 Å². The van der Waals surface area contributed by atoms with Gasteiger partial charge in [-0.05, 0) is 30.0 Å². The van der Waals surface area contributed by atoms with Crippen LogP contribution in [0.2, 0.25) is 0 Å². The highest BCUT2D eigenvalue weighted by atomic mass is 35.5. The molecule has 1 N–H and O–H groups in total. The molecule has 2 atom stereocenters. The SMILES string of the molecule is CCCC(C)[C@@H](c1ccc(C(F)(F)F)cc1C(F)(F)F)N1CCNCC1.Cl. The van der Waals surface area contributed by atoms with Crippen molar-refractivity contribution < 1.29 is 26.3 Å². The van der Waals surface area contributed by atoms with Gasteiger partial charge in [-0.2, -0.15) is 26.3 Å². The second-order valence-electron chi connectivity index (χ2n) is 6.79. The van der Waals surface area contributed by atoms with E-state index in [-0.39, 0.29) is 30.0 Å². The topological polar surface area (TPSA) is 15.3 Å². The monoisotopic (exact) mass is 418 g/mol. The van der Waals surface area contributed by atoms with E-state index in [0.29, 0.717) is 32.6 Å². The first-order chi connectivity index (χ1) is 12.1. The van der Waals surface area contributed by atoms with Gasteiger partial charge in [-0.1, -0.05) is 26.3 Å². The van der Waals surface area contributed by atoms with Crippen LogP contribution in [-0.4, -0.2) is 31.1 Å². The van der Waals surface area contributed by atoms with E-state index in [9.17, 15) is 26.3 Å². The summed E-state index contributed by atoms with van der Waals surface area (Å²) in [5.41, 5.74) is -2.51.